The van der Waals surface area contributed by atoms with Crippen LogP contribution < -0.4 is 5.32 Å². The summed E-state index contributed by atoms with van der Waals surface area (Å²) in [6.45, 7) is 5.66. The van der Waals surface area contributed by atoms with Gasteiger partial charge in [-0.15, -0.1) is 0 Å². The molecule has 3 rings (SSSR count). The molecule has 0 amide bonds. The molecule has 1 saturated carbocycles. The standard InChI is InChI=1S/C16H23FN2/c1-11-9-15(10-19(11)16-7-8-16)18-12(2)13-3-5-14(17)6-4-13/h3-6,11-12,15-16,18H,7-10H2,1-2H3. The number of rotatable bonds is 4. The summed E-state index contributed by atoms with van der Waals surface area (Å²) >= 11 is 0. The molecule has 1 N–H and O–H groups in total. The van der Waals surface area contributed by atoms with Crippen molar-refractivity contribution in [2.75, 3.05) is 6.54 Å². The SMILES string of the molecule is CC(NC1CC(C)N(C2CC2)C1)c1ccc(F)cc1. The van der Waals surface area contributed by atoms with Crippen molar-refractivity contribution in [1.29, 1.82) is 0 Å². The minimum absolute atomic E-state index is 0.162. The number of nitrogens with zero attached hydrogens (tertiary/aromatic N) is 1. The summed E-state index contributed by atoms with van der Waals surface area (Å²) in [4.78, 5) is 2.65. The Morgan fingerprint density at radius 2 is 1.95 bits per heavy atom. The summed E-state index contributed by atoms with van der Waals surface area (Å²) < 4.78 is 12.9. The number of hydrogen-bond acceptors (Lipinski definition) is 2. The number of nitrogens with one attached hydrogen (secondary N) is 1. The maximum absolute atomic E-state index is 12.9. The summed E-state index contributed by atoms with van der Waals surface area (Å²) in [6.07, 6.45) is 3.98. The number of hydrogen-bond donors (Lipinski definition) is 1. The number of halogens is 1. The quantitative estimate of drug-likeness (QED) is 0.897. The maximum Gasteiger partial charge on any atom is 0.123 e. The van der Waals surface area contributed by atoms with E-state index in [9.17, 15) is 4.39 Å². The third-order valence-electron chi connectivity index (χ3n) is 4.49. The van der Waals surface area contributed by atoms with Crippen LogP contribution in [0, 0.1) is 5.82 Å². The minimum Gasteiger partial charge on any atom is -0.306 e. The summed E-state index contributed by atoms with van der Waals surface area (Å²) in [7, 11) is 0. The predicted octanol–water partition coefficient (Wildman–Crippen LogP) is 3.10. The van der Waals surface area contributed by atoms with E-state index in [1.165, 1.54) is 24.8 Å². The predicted molar refractivity (Wildman–Crippen MR) is 75.5 cm³/mol. The molecular weight excluding hydrogens is 239 g/mol. The summed E-state index contributed by atoms with van der Waals surface area (Å²) in [5.74, 6) is -0.162. The van der Waals surface area contributed by atoms with Gasteiger partial charge in [0.1, 0.15) is 5.82 Å². The highest BCUT2D eigenvalue weighted by Crippen LogP contribution is 2.33. The van der Waals surface area contributed by atoms with E-state index in [0.717, 1.165) is 12.6 Å². The van der Waals surface area contributed by atoms with Gasteiger partial charge in [0.05, 0.1) is 0 Å². The molecule has 104 valence electrons. The van der Waals surface area contributed by atoms with Crippen LogP contribution in [0.1, 0.15) is 44.7 Å². The zero-order valence-corrected chi connectivity index (χ0v) is 11.8. The van der Waals surface area contributed by atoms with Crippen LogP contribution in [0.4, 0.5) is 4.39 Å². The van der Waals surface area contributed by atoms with Crippen molar-refractivity contribution < 1.29 is 4.39 Å². The molecule has 2 fully saturated rings. The zero-order chi connectivity index (χ0) is 13.4. The molecule has 2 aliphatic rings. The second kappa shape index (κ2) is 5.22. The topological polar surface area (TPSA) is 15.3 Å². The highest BCUT2D eigenvalue weighted by Gasteiger charge is 2.38. The first kappa shape index (κ1) is 13.1. The Hall–Kier alpha value is -0.930. The Labute approximate surface area is 115 Å². The van der Waals surface area contributed by atoms with Crippen LogP contribution in [0.3, 0.4) is 0 Å². The van der Waals surface area contributed by atoms with Gasteiger partial charge in [0.15, 0.2) is 0 Å². The molecular formula is C16H23FN2. The summed E-state index contributed by atoms with van der Waals surface area (Å²) in [5.41, 5.74) is 1.17. The fourth-order valence-electron chi connectivity index (χ4n) is 3.29. The van der Waals surface area contributed by atoms with Gasteiger partial charge in [-0.1, -0.05) is 12.1 Å². The van der Waals surface area contributed by atoms with Crippen LogP contribution in [0.5, 0.6) is 0 Å². The molecule has 2 nitrogen and oxygen atoms in total. The Morgan fingerprint density at radius 1 is 1.26 bits per heavy atom. The molecule has 1 heterocycles. The van der Waals surface area contributed by atoms with Crippen molar-refractivity contribution in [1.82, 2.24) is 10.2 Å². The molecule has 1 aromatic rings. The smallest absolute Gasteiger partial charge is 0.123 e. The molecule has 3 unspecified atom stereocenters. The monoisotopic (exact) mass is 262 g/mol. The normalized spacial score (nSPS) is 29.6. The molecule has 0 spiro atoms. The molecule has 1 aliphatic carbocycles. The lowest BCUT2D eigenvalue weighted by atomic mass is 10.1. The van der Waals surface area contributed by atoms with E-state index in [1.54, 1.807) is 12.1 Å². The second-order valence-electron chi connectivity index (χ2n) is 6.15. The molecule has 3 heteroatoms. The highest BCUT2D eigenvalue weighted by atomic mass is 19.1. The van der Waals surface area contributed by atoms with E-state index in [4.69, 9.17) is 0 Å². The van der Waals surface area contributed by atoms with Gasteiger partial charge in [-0.2, -0.15) is 0 Å². The van der Waals surface area contributed by atoms with Gasteiger partial charge < -0.3 is 5.32 Å². The first-order chi connectivity index (χ1) is 9.13. The fourth-order valence-corrected chi connectivity index (χ4v) is 3.29. The van der Waals surface area contributed by atoms with E-state index in [-0.39, 0.29) is 11.9 Å². The van der Waals surface area contributed by atoms with Crippen LogP contribution in [0.2, 0.25) is 0 Å². The molecule has 19 heavy (non-hydrogen) atoms. The van der Waals surface area contributed by atoms with Crippen LogP contribution >= 0.6 is 0 Å². The van der Waals surface area contributed by atoms with Gasteiger partial charge >= 0.3 is 0 Å². The summed E-state index contributed by atoms with van der Waals surface area (Å²) in [6, 6.07) is 9.25. The fraction of sp³-hybridized carbons (Fsp3) is 0.625. The van der Waals surface area contributed by atoms with Crippen molar-refractivity contribution in [2.24, 2.45) is 0 Å². The Balaban J connectivity index is 1.57. The lowest BCUT2D eigenvalue weighted by Gasteiger charge is -2.21. The van der Waals surface area contributed by atoms with Gasteiger partial charge in [0, 0.05) is 30.7 Å². The van der Waals surface area contributed by atoms with Gasteiger partial charge in [-0.25, -0.2) is 4.39 Å². The van der Waals surface area contributed by atoms with Crippen molar-refractivity contribution in [3.63, 3.8) is 0 Å². The second-order valence-corrected chi connectivity index (χ2v) is 6.15. The van der Waals surface area contributed by atoms with Gasteiger partial charge in [0.2, 0.25) is 0 Å². The molecule has 0 bridgehead atoms. The average molecular weight is 262 g/mol. The lowest BCUT2D eigenvalue weighted by Crippen LogP contribution is -2.35. The van der Waals surface area contributed by atoms with Crippen LogP contribution in [-0.4, -0.2) is 29.6 Å². The van der Waals surface area contributed by atoms with E-state index < -0.39 is 0 Å². The first-order valence-corrected chi connectivity index (χ1v) is 7.40. The third-order valence-corrected chi connectivity index (χ3v) is 4.49. The Bertz CT molecular complexity index is 427. The van der Waals surface area contributed by atoms with E-state index in [2.05, 4.69) is 24.1 Å². The highest BCUT2D eigenvalue weighted by molar-refractivity contribution is 5.19. The van der Waals surface area contributed by atoms with E-state index in [1.807, 2.05) is 12.1 Å². The van der Waals surface area contributed by atoms with Crippen LogP contribution in [-0.2, 0) is 0 Å². The maximum atomic E-state index is 12.9. The van der Waals surface area contributed by atoms with Crippen LogP contribution in [0.25, 0.3) is 0 Å². The lowest BCUT2D eigenvalue weighted by molar-refractivity contribution is 0.254. The Kier molecular flexibility index (Phi) is 3.59. The van der Waals surface area contributed by atoms with E-state index >= 15 is 0 Å². The zero-order valence-electron chi connectivity index (χ0n) is 11.8. The number of benzene rings is 1. The van der Waals surface area contributed by atoms with Crippen molar-refractivity contribution in [3.05, 3.63) is 35.6 Å². The van der Waals surface area contributed by atoms with Gasteiger partial charge in [0.25, 0.3) is 0 Å². The molecule has 1 aromatic carbocycles. The molecule has 3 atom stereocenters. The van der Waals surface area contributed by atoms with Gasteiger partial charge in [-0.05, 0) is 50.8 Å². The largest absolute Gasteiger partial charge is 0.306 e. The molecule has 1 aliphatic heterocycles. The molecule has 1 saturated heterocycles. The molecule has 0 radical (unpaired) electrons. The average Bonchev–Trinajstić information content (AvgIpc) is 3.15. The Morgan fingerprint density at radius 3 is 2.58 bits per heavy atom. The van der Waals surface area contributed by atoms with Gasteiger partial charge in [-0.3, -0.25) is 4.90 Å². The van der Waals surface area contributed by atoms with Crippen LogP contribution in [0.15, 0.2) is 24.3 Å². The van der Waals surface area contributed by atoms with E-state index in [0.29, 0.717) is 12.1 Å². The minimum atomic E-state index is -0.162. The third kappa shape index (κ3) is 2.98. The first-order valence-electron chi connectivity index (χ1n) is 7.40. The van der Waals surface area contributed by atoms with Crippen molar-refractivity contribution >= 4 is 0 Å². The molecule has 0 aromatic heterocycles. The van der Waals surface area contributed by atoms with Crippen molar-refractivity contribution in [2.45, 2.75) is 57.3 Å². The number of likely N-dealkylation sites (tertiary alicyclic amines) is 1. The van der Waals surface area contributed by atoms with Crippen molar-refractivity contribution in [3.8, 4) is 0 Å². The summed E-state index contributed by atoms with van der Waals surface area (Å²) in [5, 5.41) is 3.69.